The number of anilines is 1. The highest BCUT2D eigenvalue weighted by atomic mass is 32.2. The molecule has 1 fully saturated rings. The second-order valence-corrected chi connectivity index (χ2v) is 6.87. The van der Waals surface area contributed by atoms with Crippen LogP contribution in [0, 0.1) is 0 Å². The molecule has 0 radical (unpaired) electrons. The topological polar surface area (TPSA) is 101 Å². The van der Waals surface area contributed by atoms with Crippen molar-refractivity contribution in [3.63, 3.8) is 0 Å². The third kappa shape index (κ3) is 3.20. The number of sulfonamides is 1. The summed E-state index contributed by atoms with van der Waals surface area (Å²) in [6.07, 6.45) is 0. The monoisotopic (exact) mass is 302 g/mol. The maximum Gasteiger partial charge on any atom is 0.327 e. The lowest BCUT2D eigenvalue weighted by Gasteiger charge is -2.34. The van der Waals surface area contributed by atoms with E-state index in [1.54, 1.807) is 28.8 Å². The van der Waals surface area contributed by atoms with E-state index in [0.29, 0.717) is 18.0 Å². The summed E-state index contributed by atoms with van der Waals surface area (Å²) in [7, 11) is -3.72. The Labute approximate surface area is 115 Å². The van der Waals surface area contributed by atoms with Gasteiger partial charge in [-0.25, -0.2) is 18.4 Å². The number of nitrogens with two attached hydrogens (primary N) is 1. The van der Waals surface area contributed by atoms with Crippen LogP contribution < -0.4 is 10.0 Å². The summed E-state index contributed by atoms with van der Waals surface area (Å²) in [5, 5.41) is 14.2. The molecule has 8 heteroatoms. The van der Waals surface area contributed by atoms with Crippen LogP contribution in [0.25, 0.3) is 0 Å². The summed E-state index contributed by atoms with van der Waals surface area (Å²) in [5.74, 6) is 0.496. The molecule has 0 aliphatic carbocycles. The van der Waals surface area contributed by atoms with Gasteiger partial charge in [-0.3, -0.25) is 0 Å². The van der Waals surface area contributed by atoms with Crippen LogP contribution >= 0.6 is 11.8 Å². The fourth-order valence-electron chi connectivity index (χ4n) is 1.94. The molecule has 6 nitrogen and oxygen atoms in total. The van der Waals surface area contributed by atoms with Crippen molar-refractivity contribution in [3.05, 3.63) is 24.3 Å². The van der Waals surface area contributed by atoms with E-state index in [0.717, 1.165) is 5.75 Å². The minimum Gasteiger partial charge on any atom is -0.480 e. The molecule has 3 N–H and O–H groups in total. The van der Waals surface area contributed by atoms with Gasteiger partial charge in [-0.2, -0.15) is 11.8 Å². The van der Waals surface area contributed by atoms with Crippen LogP contribution in [-0.4, -0.2) is 43.6 Å². The van der Waals surface area contributed by atoms with E-state index in [9.17, 15) is 18.3 Å². The first-order valence-corrected chi connectivity index (χ1v) is 8.30. The molecule has 2 rings (SSSR count). The minimum atomic E-state index is -3.72. The summed E-state index contributed by atoms with van der Waals surface area (Å²) >= 11 is 1.60. The van der Waals surface area contributed by atoms with Crippen LogP contribution in [-0.2, 0) is 14.8 Å². The van der Waals surface area contributed by atoms with Gasteiger partial charge in [0, 0.05) is 23.7 Å². The minimum absolute atomic E-state index is 0.0227. The fraction of sp³-hybridized carbons (Fsp3) is 0.364. The van der Waals surface area contributed by atoms with Crippen LogP contribution in [0.4, 0.5) is 5.69 Å². The number of nitrogens with zero attached hydrogens (tertiary/aromatic N) is 1. The smallest absolute Gasteiger partial charge is 0.327 e. The maximum atomic E-state index is 11.2. The van der Waals surface area contributed by atoms with Gasteiger partial charge in [0.1, 0.15) is 6.04 Å². The molecule has 0 amide bonds. The number of thioether (sulfide) groups is 1. The molecule has 1 unspecified atom stereocenters. The third-order valence-electron chi connectivity index (χ3n) is 2.91. The normalized spacial score (nSPS) is 20.3. The fourth-order valence-corrected chi connectivity index (χ4v) is 3.50. The predicted octanol–water partition coefficient (Wildman–Crippen LogP) is 0.340. The maximum absolute atomic E-state index is 11.2. The lowest BCUT2D eigenvalue weighted by Crippen LogP contribution is -2.47. The first-order chi connectivity index (χ1) is 8.89. The van der Waals surface area contributed by atoms with E-state index >= 15 is 0 Å². The predicted molar refractivity (Wildman–Crippen MR) is 73.9 cm³/mol. The zero-order valence-electron chi connectivity index (χ0n) is 10.0. The third-order valence-corrected chi connectivity index (χ3v) is 4.86. The van der Waals surface area contributed by atoms with Gasteiger partial charge in [0.2, 0.25) is 10.0 Å². The van der Waals surface area contributed by atoms with E-state index < -0.39 is 22.0 Å². The highest BCUT2D eigenvalue weighted by Crippen LogP contribution is 2.25. The van der Waals surface area contributed by atoms with Crippen molar-refractivity contribution in [2.24, 2.45) is 5.14 Å². The molecule has 0 bridgehead atoms. The van der Waals surface area contributed by atoms with Crippen LogP contribution in [0.3, 0.4) is 0 Å². The molecule has 0 spiro atoms. The summed E-state index contributed by atoms with van der Waals surface area (Å²) in [4.78, 5) is 13.0. The van der Waals surface area contributed by atoms with Crippen LogP contribution in [0.15, 0.2) is 29.2 Å². The summed E-state index contributed by atoms with van der Waals surface area (Å²) in [5.41, 5.74) is 0.695. The number of carboxylic acid groups (broad SMARTS) is 1. The Bertz CT molecular complexity index is 571. The Balaban J connectivity index is 2.28. The van der Waals surface area contributed by atoms with Crippen molar-refractivity contribution < 1.29 is 18.3 Å². The zero-order valence-corrected chi connectivity index (χ0v) is 11.7. The molecule has 1 saturated heterocycles. The molecule has 0 saturated carbocycles. The number of benzene rings is 1. The standard InChI is InChI=1S/C11H14N2O4S2/c12-19(16,17)9-3-1-8(2-4-9)13-5-6-18-7-10(13)11(14)15/h1-4,10H,5-7H2,(H,14,15)(H2,12,16,17). The quantitative estimate of drug-likeness (QED) is 0.835. The van der Waals surface area contributed by atoms with Crippen molar-refractivity contribution in [2.45, 2.75) is 10.9 Å². The number of rotatable bonds is 3. The van der Waals surface area contributed by atoms with E-state index in [-0.39, 0.29) is 4.90 Å². The Morgan fingerprint density at radius 1 is 1.37 bits per heavy atom. The lowest BCUT2D eigenvalue weighted by molar-refractivity contribution is -0.138. The van der Waals surface area contributed by atoms with E-state index in [2.05, 4.69) is 0 Å². The Kier molecular flexibility index (Phi) is 4.02. The van der Waals surface area contributed by atoms with Crippen molar-refractivity contribution >= 4 is 33.4 Å². The highest BCUT2D eigenvalue weighted by molar-refractivity contribution is 7.99. The summed E-state index contributed by atoms with van der Waals surface area (Å²) in [6.45, 7) is 0.621. The van der Waals surface area contributed by atoms with E-state index in [4.69, 9.17) is 5.14 Å². The average molecular weight is 302 g/mol. The molecule has 104 valence electrons. The molecule has 1 aromatic carbocycles. The Hall–Kier alpha value is -1.25. The van der Waals surface area contributed by atoms with Gasteiger partial charge in [0.25, 0.3) is 0 Å². The van der Waals surface area contributed by atoms with Crippen molar-refractivity contribution in [1.82, 2.24) is 0 Å². The molecular weight excluding hydrogens is 288 g/mol. The van der Waals surface area contributed by atoms with Gasteiger partial charge in [-0.1, -0.05) is 0 Å². The van der Waals surface area contributed by atoms with Gasteiger partial charge in [0.15, 0.2) is 0 Å². The largest absolute Gasteiger partial charge is 0.480 e. The SMILES string of the molecule is NS(=O)(=O)c1ccc(N2CCSCC2C(=O)O)cc1. The first-order valence-electron chi connectivity index (χ1n) is 5.59. The second kappa shape index (κ2) is 5.40. The summed E-state index contributed by atoms with van der Waals surface area (Å²) in [6, 6.07) is 5.38. The molecule has 0 aromatic heterocycles. The second-order valence-electron chi connectivity index (χ2n) is 4.16. The molecular formula is C11H14N2O4S2. The Morgan fingerprint density at radius 3 is 2.53 bits per heavy atom. The highest BCUT2D eigenvalue weighted by Gasteiger charge is 2.29. The summed E-state index contributed by atoms with van der Waals surface area (Å²) < 4.78 is 22.3. The van der Waals surface area contributed by atoms with Crippen LogP contribution in [0.5, 0.6) is 0 Å². The molecule has 1 aliphatic heterocycles. The average Bonchev–Trinajstić information content (AvgIpc) is 2.38. The number of aliphatic carboxylic acids is 1. The van der Waals surface area contributed by atoms with Gasteiger partial charge in [-0.05, 0) is 24.3 Å². The number of hydrogen-bond acceptors (Lipinski definition) is 5. The van der Waals surface area contributed by atoms with Gasteiger partial charge in [0.05, 0.1) is 4.90 Å². The number of primary sulfonamides is 1. The molecule has 1 aromatic rings. The van der Waals surface area contributed by atoms with E-state index in [1.807, 2.05) is 0 Å². The first kappa shape index (κ1) is 14.2. The zero-order chi connectivity index (χ0) is 14.0. The van der Waals surface area contributed by atoms with Gasteiger partial charge >= 0.3 is 5.97 Å². The number of hydrogen-bond donors (Lipinski definition) is 2. The Morgan fingerprint density at radius 2 is 2.00 bits per heavy atom. The van der Waals surface area contributed by atoms with Crippen molar-refractivity contribution in [3.8, 4) is 0 Å². The number of carbonyl (C=O) groups is 1. The van der Waals surface area contributed by atoms with E-state index in [1.165, 1.54) is 12.1 Å². The molecule has 1 heterocycles. The van der Waals surface area contributed by atoms with Crippen LogP contribution in [0.2, 0.25) is 0 Å². The van der Waals surface area contributed by atoms with Crippen LogP contribution in [0.1, 0.15) is 0 Å². The molecule has 1 atom stereocenters. The lowest BCUT2D eigenvalue weighted by atomic mass is 10.2. The number of carboxylic acids is 1. The van der Waals surface area contributed by atoms with Crippen molar-refractivity contribution in [1.29, 1.82) is 0 Å². The molecule has 19 heavy (non-hydrogen) atoms. The van der Waals surface area contributed by atoms with Crippen molar-refractivity contribution in [2.75, 3.05) is 23.0 Å². The van der Waals surface area contributed by atoms with Gasteiger partial charge < -0.3 is 10.0 Å². The molecule has 1 aliphatic rings. The van der Waals surface area contributed by atoms with Gasteiger partial charge in [-0.15, -0.1) is 0 Å².